The normalized spacial score (nSPS) is 17.2. The first-order valence-corrected chi connectivity index (χ1v) is 10.8. The Kier molecular flexibility index (Phi) is 7.02. The first-order chi connectivity index (χ1) is 14.4. The Morgan fingerprint density at radius 1 is 1.23 bits per heavy atom. The minimum atomic E-state index is -0.397. The Hall–Kier alpha value is -2.54. The number of benzene rings is 1. The van der Waals surface area contributed by atoms with E-state index in [9.17, 15) is 9.59 Å². The van der Waals surface area contributed by atoms with Gasteiger partial charge in [-0.25, -0.2) is 4.79 Å². The van der Waals surface area contributed by atoms with Gasteiger partial charge in [-0.2, -0.15) is 0 Å². The zero-order valence-corrected chi connectivity index (χ0v) is 18.7. The Labute approximate surface area is 178 Å². The molecule has 1 atom stereocenters. The van der Waals surface area contributed by atoms with Crippen LogP contribution in [0, 0.1) is 6.92 Å². The molecule has 164 valence electrons. The highest BCUT2D eigenvalue weighted by atomic mass is 16.5. The molecule has 30 heavy (non-hydrogen) atoms. The number of methoxy groups -OCH3 is 1. The van der Waals surface area contributed by atoms with Gasteiger partial charge in [0.05, 0.1) is 37.0 Å². The summed E-state index contributed by atoms with van der Waals surface area (Å²) < 4.78 is 12.8. The molecule has 0 bridgehead atoms. The number of likely N-dealkylation sites (tertiary alicyclic amines) is 1. The van der Waals surface area contributed by atoms with Gasteiger partial charge in [-0.05, 0) is 51.8 Å². The van der Waals surface area contributed by atoms with Crippen LogP contribution in [-0.4, -0.2) is 54.2 Å². The molecule has 1 aliphatic rings. The van der Waals surface area contributed by atoms with Gasteiger partial charge in [-0.15, -0.1) is 0 Å². The molecule has 3 rings (SSSR count). The van der Waals surface area contributed by atoms with Gasteiger partial charge in [-0.3, -0.25) is 9.69 Å². The second kappa shape index (κ2) is 9.51. The van der Waals surface area contributed by atoms with Crippen molar-refractivity contribution in [3.05, 3.63) is 23.4 Å². The first-order valence-electron chi connectivity index (χ1n) is 10.8. The van der Waals surface area contributed by atoms with Crippen LogP contribution in [0.15, 0.2) is 12.1 Å². The van der Waals surface area contributed by atoms with Crippen LogP contribution in [-0.2, 0) is 16.6 Å². The molecule has 1 aromatic carbocycles. The number of carbonyl (C=O) groups excluding carboxylic acids is 2. The largest absolute Gasteiger partial charge is 0.495 e. The Balaban J connectivity index is 2.00. The smallest absolute Gasteiger partial charge is 0.340 e. The van der Waals surface area contributed by atoms with E-state index in [0.717, 1.165) is 37.0 Å². The number of piperidine rings is 1. The predicted octanol–water partition coefficient (Wildman–Crippen LogP) is 3.88. The molecule has 2 aromatic rings. The second-order valence-corrected chi connectivity index (χ2v) is 7.85. The maximum atomic E-state index is 13.0. The number of esters is 1. The van der Waals surface area contributed by atoms with E-state index in [1.54, 1.807) is 14.0 Å². The lowest BCUT2D eigenvalue weighted by molar-refractivity contribution is -0.118. The van der Waals surface area contributed by atoms with Crippen molar-refractivity contribution >= 4 is 28.5 Å². The first kappa shape index (κ1) is 22.2. The van der Waals surface area contributed by atoms with Crippen LogP contribution in [0.5, 0.6) is 5.75 Å². The lowest BCUT2D eigenvalue weighted by atomic mass is 10.00. The molecular formula is C23H33N3O4. The van der Waals surface area contributed by atoms with Gasteiger partial charge in [0.1, 0.15) is 5.75 Å². The van der Waals surface area contributed by atoms with Gasteiger partial charge in [0.2, 0.25) is 5.91 Å². The highest BCUT2D eigenvalue weighted by molar-refractivity contribution is 6.14. The maximum Gasteiger partial charge on any atom is 0.340 e. The third-order valence-corrected chi connectivity index (χ3v) is 6.15. The van der Waals surface area contributed by atoms with Crippen LogP contribution < -0.4 is 10.1 Å². The van der Waals surface area contributed by atoms with Crippen molar-refractivity contribution < 1.29 is 19.1 Å². The summed E-state index contributed by atoms with van der Waals surface area (Å²) >= 11 is 0. The van der Waals surface area contributed by atoms with Crippen LogP contribution >= 0.6 is 0 Å². The Morgan fingerprint density at radius 2 is 2.00 bits per heavy atom. The van der Waals surface area contributed by atoms with Crippen LogP contribution in [0.4, 0.5) is 5.69 Å². The number of nitrogens with zero attached hydrogens (tertiary/aromatic N) is 2. The minimum absolute atomic E-state index is 0.0996. The number of aryl methyl sites for hydroxylation is 1. The van der Waals surface area contributed by atoms with Crippen molar-refractivity contribution in [3.63, 3.8) is 0 Å². The predicted molar refractivity (Wildman–Crippen MR) is 118 cm³/mol. The molecule has 7 heteroatoms. The van der Waals surface area contributed by atoms with Crippen molar-refractivity contribution in [1.82, 2.24) is 9.47 Å². The highest BCUT2D eigenvalue weighted by Gasteiger charge is 2.27. The number of rotatable bonds is 7. The number of amides is 1. The van der Waals surface area contributed by atoms with Gasteiger partial charge < -0.3 is 19.4 Å². The second-order valence-electron chi connectivity index (χ2n) is 7.85. The molecule has 1 aromatic heterocycles. The highest BCUT2D eigenvalue weighted by Crippen LogP contribution is 2.38. The molecule has 0 unspecified atom stereocenters. The Morgan fingerprint density at radius 3 is 2.67 bits per heavy atom. The monoisotopic (exact) mass is 415 g/mol. The Bertz CT molecular complexity index is 934. The van der Waals surface area contributed by atoms with E-state index in [1.807, 2.05) is 30.7 Å². The number of hydrogen-bond donors (Lipinski definition) is 1. The summed E-state index contributed by atoms with van der Waals surface area (Å²) in [5.41, 5.74) is 2.62. The van der Waals surface area contributed by atoms with Crippen LogP contribution in [0.1, 0.15) is 55.6 Å². The average molecular weight is 416 g/mol. The van der Waals surface area contributed by atoms with Crippen LogP contribution in [0.2, 0.25) is 0 Å². The zero-order valence-electron chi connectivity index (χ0n) is 18.7. The zero-order chi connectivity index (χ0) is 21.8. The number of carbonyl (C=O) groups is 2. The lowest BCUT2D eigenvalue weighted by Gasteiger charge is -2.34. The molecule has 0 spiro atoms. The number of nitrogens with one attached hydrogen (secondary N) is 1. The van der Waals surface area contributed by atoms with E-state index in [1.165, 1.54) is 6.42 Å². The number of anilines is 1. The van der Waals surface area contributed by atoms with Crippen LogP contribution in [0.3, 0.4) is 0 Å². The summed E-state index contributed by atoms with van der Waals surface area (Å²) in [6.07, 6.45) is 4.51. The molecule has 1 fully saturated rings. The molecule has 1 aliphatic heterocycles. The molecule has 7 nitrogen and oxygen atoms in total. The van der Waals surface area contributed by atoms with Crippen molar-refractivity contribution in [2.75, 3.05) is 32.1 Å². The van der Waals surface area contributed by atoms with E-state index in [2.05, 4.69) is 17.1 Å². The van der Waals surface area contributed by atoms with Gasteiger partial charge in [0.25, 0.3) is 0 Å². The van der Waals surface area contributed by atoms with Gasteiger partial charge in [-0.1, -0.05) is 13.3 Å². The van der Waals surface area contributed by atoms with E-state index >= 15 is 0 Å². The fourth-order valence-electron chi connectivity index (χ4n) is 4.48. The lowest BCUT2D eigenvalue weighted by Crippen LogP contribution is -2.43. The quantitative estimate of drug-likeness (QED) is 0.695. The third-order valence-electron chi connectivity index (χ3n) is 6.15. The van der Waals surface area contributed by atoms with Gasteiger partial charge in [0.15, 0.2) is 0 Å². The number of fused-ring (bicyclic) bond motifs is 1. The summed E-state index contributed by atoms with van der Waals surface area (Å²) in [4.78, 5) is 28.0. The summed E-state index contributed by atoms with van der Waals surface area (Å²) in [5, 5.41) is 3.71. The summed E-state index contributed by atoms with van der Waals surface area (Å²) in [7, 11) is 3.46. The molecule has 1 saturated heterocycles. The molecular weight excluding hydrogens is 382 g/mol. The minimum Gasteiger partial charge on any atom is -0.495 e. The maximum absolute atomic E-state index is 13.0. The van der Waals surface area contributed by atoms with E-state index < -0.39 is 5.97 Å². The third kappa shape index (κ3) is 4.17. The summed E-state index contributed by atoms with van der Waals surface area (Å²) in [6.45, 7) is 7.38. The molecule has 0 saturated carbocycles. The van der Waals surface area contributed by atoms with Crippen molar-refractivity contribution in [2.24, 2.45) is 7.05 Å². The van der Waals surface area contributed by atoms with E-state index in [0.29, 0.717) is 35.0 Å². The average Bonchev–Trinajstić information content (AvgIpc) is 2.99. The van der Waals surface area contributed by atoms with E-state index in [4.69, 9.17) is 9.47 Å². The molecule has 1 N–H and O–H groups in total. The van der Waals surface area contributed by atoms with Gasteiger partial charge in [0, 0.05) is 24.2 Å². The van der Waals surface area contributed by atoms with Crippen LogP contribution in [0.25, 0.3) is 10.9 Å². The topological polar surface area (TPSA) is 72.8 Å². The number of ether oxygens (including phenoxy) is 2. The molecule has 0 aliphatic carbocycles. The number of aromatic nitrogens is 1. The standard InChI is InChI=1S/C23H33N3O4/c1-6-16-10-8-9-13-26(16)14-19(27)24-22-18(29-5)12-11-17-21(22)20(15(3)25(17)4)23(28)30-7-2/h11-12,16H,6-10,13-14H2,1-5H3,(H,24,27)/t16-/m0/s1. The molecule has 0 radical (unpaired) electrons. The van der Waals surface area contributed by atoms with Crippen molar-refractivity contribution in [3.8, 4) is 5.75 Å². The summed E-state index contributed by atoms with van der Waals surface area (Å²) in [5.74, 6) is 0.0292. The molecule has 2 heterocycles. The molecule has 1 amide bonds. The number of hydrogen-bond acceptors (Lipinski definition) is 5. The SMILES string of the molecule is CCOC(=O)c1c(C)n(C)c2ccc(OC)c(NC(=O)CN3CCCC[C@@H]3CC)c12. The van der Waals surface area contributed by atoms with Crippen molar-refractivity contribution in [1.29, 1.82) is 0 Å². The van der Waals surface area contributed by atoms with Gasteiger partial charge >= 0.3 is 5.97 Å². The van der Waals surface area contributed by atoms with E-state index in [-0.39, 0.29) is 12.5 Å². The fourth-order valence-corrected chi connectivity index (χ4v) is 4.48. The fraction of sp³-hybridized carbons (Fsp3) is 0.565. The van der Waals surface area contributed by atoms with Crippen molar-refractivity contribution in [2.45, 2.75) is 52.5 Å². The summed E-state index contributed by atoms with van der Waals surface area (Å²) in [6, 6.07) is 4.16.